The zero-order valence-electron chi connectivity index (χ0n) is 15.9. The fourth-order valence-corrected chi connectivity index (χ4v) is 3.03. The molecule has 0 atom stereocenters. The largest absolute Gasteiger partial charge is 0.497 e. The van der Waals surface area contributed by atoms with E-state index in [4.69, 9.17) is 13.9 Å². The van der Waals surface area contributed by atoms with E-state index in [0.29, 0.717) is 39.9 Å². The number of nitrogens with one attached hydrogen (secondary N) is 2. The number of hydrogen-bond acceptors (Lipinski definition) is 5. The number of aromatic nitrogens is 2. The van der Waals surface area contributed by atoms with Crippen LogP contribution >= 0.6 is 0 Å². The van der Waals surface area contributed by atoms with Crippen LogP contribution in [0.2, 0.25) is 0 Å². The van der Waals surface area contributed by atoms with Gasteiger partial charge in [0, 0.05) is 11.6 Å². The van der Waals surface area contributed by atoms with Gasteiger partial charge in [0.2, 0.25) is 0 Å². The molecule has 7 heteroatoms. The Balaban J connectivity index is 1.76. The van der Waals surface area contributed by atoms with Crippen molar-refractivity contribution < 1.29 is 18.7 Å². The maximum Gasteiger partial charge on any atom is 0.259 e. The number of benzene rings is 2. The highest BCUT2D eigenvalue weighted by Crippen LogP contribution is 2.36. The summed E-state index contributed by atoms with van der Waals surface area (Å²) < 4.78 is 16.1. The smallest absolute Gasteiger partial charge is 0.259 e. The van der Waals surface area contributed by atoms with Crippen molar-refractivity contribution in [1.82, 2.24) is 10.2 Å². The van der Waals surface area contributed by atoms with Gasteiger partial charge in [0.15, 0.2) is 5.76 Å². The molecule has 1 amide bonds. The van der Waals surface area contributed by atoms with E-state index in [1.165, 1.54) is 7.11 Å². The summed E-state index contributed by atoms with van der Waals surface area (Å²) in [5.74, 6) is 1.24. The number of carbonyl (C=O) groups excluding carboxylic acids is 1. The molecule has 0 unspecified atom stereocenters. The minimum absolute atomic E-state index is 0.337. The van der Waals surface area contributed by atoms with Gasteiger partial charge in [-0.3, -0.25) is 9.89 Å². The molecule has 2 aromatic carbocycles. The van der Waals surface area contributed by atoms with Crippen LogP contribution in [-0.4, -0.2) is 30.3 Å². The van der Waals surface area contributed by atoms with Gasteiger partial charge in [-0.2, -0.15) is 5.10 Å². The van der Waals surface area contributed by atoms with E-state index in [0.717, 1.165) is 5.56 Å². The molecule has 0 saturated heterocycles. The standard InChI is InChI=1S/C22H19N3O4/c1-27-15-10-11-16(18(13-15)28-2)22(26)23-21-19(14-7-4-3-5-8-14)24-25-20(21)17-9-6-12-29-17/h3-13H,1-2H3,(H,23,26)(H,24,25). The van der Waals surface area contributed by atoms with Gasteiger partial charge in [-0.05, 0) is 24.3 Å². The molecule has 0 saturated carbocycles. The Labute approximate surface area is 167 Å². The topological polar surface area (TPSA) is 89.4 Å². The van der Waals surface area contributed by atoms with E-state index in [-0.39, 0.29) is 5.91 Å². The molecule has 0 aliphatic heterocycles. The summed E-state index contributed by atoms with van der Waals surface area (Å²) in [6.07, 6.45) is 1.57. The van der Waals surface area contributed by atoms with E-state index >= 15 is 0 Å². The van der Waals surface area contributed by atoms with Crippen LogP contribution in [0.25, 0.3) is 22.7 Å². The van der Waals surface area contributed by atoms with E-state index in [1.807, 2.05) is 30.3 Å². The van der Waals surface area contributed by atoms with Gasteiger partial charge in [0.25, 0.3) is 5.91 Å². The van der Waals surface area contributed by atoms with Gasteiger partial charge in [-0.25, -0.2) is 0 Å². The highest BCUT2D eigenvalue weighted by molar-refractivity contribution is 6.09. The van der Waals surface area contributed by atoms with Crippen molar-refractivity contribution in [2.75, 3.05) is 19.5 Å². The van der Waals surface area contributed by atoms with Crippen LogP contribution in [0.4, 0.5) is 5.69 Å². The number of rotatable bonds is 6. The van der Waals surface area contributed by atoms with Crippen LogP contribution in [0.15, 0.2) is 71.3 Å². The van der Waals surface area contributed by atoms with Crippen molar-refractivity contribution in [1.29, 1.82) is 0 Å². The van der Waals surface area contributed by atoms with Crippen LogP contribution in [-0.2, 0) is 0 Å². The first-order valence-corrected chi connectivity index (χ1v) is 8.92. The highest BCUT2D eigenvalue weighted by Gasteiger charge is 2.22. The van der Waals surface area contributed by atoms with Crippen molar-refractivity contribution in [3.63, 3.8) is 0 Å². The van der Waals surface area contributed by atoms with Crippen LogP contribution < -0.4 is 14.8 Å². The summed E-state index contributed by atoms with van der Waals surface area (Å²) in [5, 5.41) is 10.3. The second-order valence-electron chi connectivity index (χ2n) is 6.19. The summed E-state index contributed by atoms with van der Waals surface area (Å²) in [7, 11) is 3.06. The first kappa shape index (κ1) is 18.4. The molecule has 4 rings (SSSR count). The Morgan fingerprint density at radius 3 is 2.55 bits per heavy atom. The number of ether oxygens (including phenoxy) is 2. The summed E-state index contributed by atoms with van der Waals surface area (Å²) in [5.41, 5.74) is 2.94. The van der Waals surface area contributed by atoms with E-state index in [1.54, 1.807) is 43.7 Å². The second kappa shape index (κ2) is 7.93. The molecular formula is C22H19N3O4. The van der Waals surface area contributed by atoms with Crippen LogP contribution in [0.1, 0.15) is 10.4 Å². The Morgan fingerprint density at radius 2 is 1.86 bits per heavy atom. The lowest BCUT2D eigenvalue weighted by atomic mass is 10.1. The van der Waals surface area contributed by atoms with Crippen LogP contribution in [0, 0.1) is 0 Å². The van der Waals surface area contributed by atoms with E-state index in [9.17, 15) is 4.79 Å². The van der Waals surface area contributed by atoms with Crippen LogP contribution in [0.3, 0.4) is 0 Å². The fourth-order valence-electron chi connectivity index (χ4n) is 3.03. The zero-order valence-corrected chi connectivity index (χ0v) is 15.9. The second-order valence-corrected chi connectivity index (χ2v) is 6.19. The number of furan rings is 1. The van der Waals surface area contributed by atoms with Crippen molar-refractivity contribution in [2.24, 2.45) is 0 Å². The first-order chi connectivity index (χ1) is 14.2. The number of anilines is 1. The van der Waals surface area contributed by atoms with Gasteiger partial charge in [-0.15, -0.1) is 0 Å². The van der Waals surface area contributed by atoms with Crippen molar-refractivity contribution in [3.05, 3.63) is 72.5 Å². The number of methoxy groups -OCH3 is 2. The summed E-state index contributed by atoms with van der Waals surface area (Å²) in [6, 6.07) is 18.2. The molecule has 7 nitrogen and oxygen atoms in total. The molecular weight excluding hydrogens is 370 g/mol. The summed E-state index contributed by atoms with van der Waals surface area (Å²) >= 11 is 0. The molecule has 2 heterocycles. The van der Waals surface area contributed by atoms with E-state index in [2.05, 4.69) is 15.5 Å². The average Bonchev–Trinajstić information content (AvgIpc) is 3.43. The monoisotopic (exact) mass is 389 g/mol. The molecule has 2 aromatic heterocycles. The number of hydrogen-bond donors (Lipinski definition) is 2. The molecule has 0 fully saturated rings. The zero-order chi connectivity index (χ0) is 20.2. The number of aromatic amines is 1. The molecule has 4 aromatic rings. The normalized spacial score (nSPS) is 10.6. The molecule has 0 bridgehead atoms. The number of nitrogens with zero attached hydrogens (tertiary/aromatic N) is 1. The lowest BCUT2D eigenvalue weighted by Crippen LogP contribution is -2.14. The Morgan fingerprint density at radius 1 is 1.03 bits per heavy atom. The summed E-state index contributed by atoms with van der Waals surface area (Å²) in [4.78, 5) is 13.1. The molecule has 0 radical (unpaired) electrons. The maximum absolute atomic E-state index is 13.1. The average molecular weight is 389 g/mol. The number of carbonyl (C=O) groups is 1. The van der Waals surface area contributed by atoms with Gasteiger partial charge < -0.3 is 19.2 Å². The third kappa shape index (κ3) is 3.58. The van der Waals surface area contributed by atoms with E-state index < -0.39 is 0 Å². The highest BCUT2D eigenvalue weighted by atomic mass is 16.5. The Kier molecular flexibility index (Phi) is 5.03. The fraction of sp³-hybridized carbons (Fsp3) is 0.0909. The van der Waals surface area contributed by atoms with Crippen molar-refractivity contribution >= 4 is 11.6 Å². The molecule has 0 aliphatic rings. The Hall–Kier alpha value is -4.00. The van der Waals surface area contributed by atoms with Gasteiger partial charge >= 0.3 is 0 Å². The first-order valence-electron chi connectivity index (χ1n) is 8.92. The molecule has 2 N–H and O–H groups in total. The third-order valence-electron chi connectivity index (χ3n) is 4.47. The molecule has 29 heavy (non-hydrogen) atoms. The lowest BCUT2D eigenvalue weighted by Gasteiger charge is -2.12. The lowest BCUT2D eigenvalue weighted by molar-refractivity contribution is 0.102. The molecule has 0 spiro atoms. The predicted octanol–water partition coefficient (Wildman–Crippen LogP) is 4.61. The molecule has 146 valence electrons. The number of H-pyrrole nitrogens is 1. The maximum atomic E-state index is 13.1. The quantitative estimate of drug-likeness (QED) is 0.503. The predicted molar refractivity (Wildman–Crippen MR) is 109 cm³/mol. The third-order valence-corrected chi connectivity index (χ3v) is 4.47. The van der Waals surface area contributed by atoms with Crippen LogP contribution in [0.5, 0.6) is 11.5 Å². The summed E-state index contributed by atoms with van der Waals surface area (Å²) in [6.45, 7) is 0. The minimum Gasteiger partial charge on any atom is -0.497 e. The Bertz CT molecular complexity index is 1120. The minimum atomic E-state index is -0.337. The van der Waals surface area contributed by atoms with Gasteiger partial charge in [0.05, 0.1) is 31.7 Å². The van der Waals surface area contributed by atoms with Crippen molar-refractivity contribution in [2.45, 2.75) is 0 Å². The SMILES string of the molecule is COc1ccc(C(=O)Nc2c(-c3ccccc3)n[nH]c2-c2ccco2)c(OC)c1. The number of amides is 1. The molecule has 0 aliphatic carbocycles. The van der Waals surface area contributed by atoms with Crippen molar-refractivity contribution in [3.8, 4) is 34.2 Å². The van der Waals surface area contributed by atoms with Gasteiger partial charge in [0.1, 0.15) is 22.9 Å². The van der Waals surface area contributed by atoms with Gasteiger partial charge in [-0.1, -0.05) is 30.3 Å².